The standard InChI is InChI=1S/C13H20N2O3S2/c1-3-11-5-10-19-12(11)13(16)14-6-8-15(9-7-14)20(17,18)4-2/h5,10H,3-4,6-9H2,1-2H3. The molecule has 0 aromatic carbocycles. The third kappa shape index (κ3) is 3.05. The predicted octanol–water partition coefficient (Wildman–Crippen LogP) is 1.42. The topological polar surface area (TPSA) is 57.7 Å². The highest BCUT2D eigenvalue weighted by atomic mass is 32.2. The minimum atomic E-state index is -3.14. The summed E-state index contributed by atoms with van der Waals surface area (Å²) in [5.41, 5.74) is 1.07. The summed E-state index contributed by atoms with van der Waals surface area (Å²) in [4.78, 5) is 15.0. The van der Waals surface area contributed by atoms with E-state index in [2.05, 4.69) is 0 Å². The van der Waals surface area contributed by atoms with Crippen molar-refractivity contribution in [2.45, 2.75) is 20.3 Å². The number of carbonyl (C=O) groups is 1. The zero-order valence-electron chi connectivity index (χ0n) is 11.8. The van der Waals surface area contributed by atoms with Crippen molar-refractivity contribution in [2.75, 3.05) is 31.9 Å². The number of sulfonamides is 1. The van der Waals surface area contributed by atoms with Crippen molar-refractivity contribution < 1.29 is 13.2 Å². The van der Waals surface area contributed by atoms with E-state index in [1.807, 2.05) is 18.4 Å². The summed E-state index contributed by atoms with van der Waals surface area (Å²) < 4.78 is 25.0. The molecule has 2 heterocycles. The Kier molecular flexibility index (Phi) is 4.82. The molecule has 0 saturated carbocycles. The monoisotopic (exact) mass is 316 g/mol. The zero-order valence-corrected chi connectivity index (χ0v) is 13.5. The summed E-state index contributed by atoms with van der Waals surface area (Å²) in [7, 11) is -3.14. The molecule has 7 heteroatoms. The van der Waals surface area contributed by atoms with Crippen molar-refractivity contribution >= 4 is 27.3 Å². The largest absolute Gasteiger partial charge is 0.335 e. The van der Waals surface area contributed by atoms with Gasteiger partial charge in [0, 0.05) is 26.2 Å². The van der Waals surface area contributed by atoms with Crippen molar-refractivity contribution in [1.29, 1.82) is 0 Å². The molecule has 1 saturated heterocycles. The Hall–Kier alpha value is -0.920. The van der Waals surface area contributed by atoms with Crippen LogP contribution >= 0.6 is 11.3 Å². The smallest absolute Gasteiger partial charge is 0.264 e. The second kappa shape index (κ2) is 6.24. The maximum Gasteiger partial charge on any atom is 0.264 e. The molecule has 1 amide bonds. The molecule has 0 N–H and O–H groups in total. The lowest BCUT2D eigenvalue weighted by Crippen LogP contribution is -2.50. The molecule has 0 unspecified atom stereocenters. The van der Waals surface area contributed by atoms with Crippen molar-refractivity contribution in [3.63, 3.8) is 0 Å². The van der Waals surface area contributed by atoms with Crippen LogP contribution in [0.3, 0.4) is 0 Å². The molecule has 1 aromatic rings. The SMILES string of the molecule is CCc1ccsc1C(=O)N1CCN(S(=O)(=O)CC)CC1. The molecule has 0 atom stereocenters. The van der Waals surface area contributed by atoms with Crippen LogP contribution in [0.15, 0.2) is 11.4 Å². The molecule has 20 heavy (non-hydrogen) atoms. The van der Waals surface area contributed by atoms with Crippen molar-refractivity contribution in [1.82, 2.24) is 9.21 Å². The Morgan fingerprint density at radius 1 is 1.25 bits per heavy atom. The van der Waals surface area contributed by atoms with E-state index in [9.17, 15) is 13.2 Å². The predicted molar refractivity (Wildman–Crippen MR) is 80.6 cm³/mol. The van der Waals surface area contributed by atoms with Gasteiger partial charge in [-0.25, -0.2) is 8.42 Å². The Morgan fingerprint density at radius 2 is 1.90 bits per heavy atom. The number of hydrogen-bond donors (Lipinski definition) is 0. The van der Waals surface area contributed by atoms with Crippen LogP contribution in [0, 0.1) is 0 Å². The maximum absolute atomic E-state index is 12.4. The third-order valence-corrected chi connectivity index (χ3v) is 6.43. The number of aryl methyl sites for hydroxylation is 1. The van der Waals surface area contributed by atoms with Gasteiger partial charge in [0.05, 0.1) is 10.6 Å². The van der Waals surface area contributed by atoms with Crippen molar-refractivity contribution in [3.05, 3.63) is 21.9 Å². The number of nitrogens with zero attached hydrogens (tertiary/aromatic N) is 2. The van der Waals surface area contributed by atoms with E-state index in [1.54, 1.807) is 11.8 Å². The molecule has 5 nitrogen and oxygen atoms in total. The van der Waals surface area contributed by atoms with Crippen LogP contribution in [0.25, 0.3) is 0 Å². The Labute approximate surface area is 124 Å². The second-order valence-electron chi connectivity index (χ2n) is 4.72. The Balaban J connectivity index is 2.03. The molecule has 1 aliphatic rings. The fourth-order valence-corrected chi connectivity index (χ4v) is 4.34. The van der Waals surface area contributed by atoms with E-state index < -0.39 is 10.0 Å². The molecular formula is C13H20N2O3S2. The fraction of sp³-hybridized carbons (Fsp3) is 0.615. The minimum absolute atomic E-state index is 0.0328. The van der Waals surface area contributed by atoms with E-state index in [0.717, 1.165) is 16.9 Å². The van der Waals surface area contributed by atoms with Crippen LogP contribution in [-0.4, -0.2) is 55.5 Å². The van der Waals surface area contributed by atoms with E-state index >= 15 is 0 Å². The Bertz CT molecular complexity index is 572. The van der Waals surface area contributed by atoms with E-state index in [0.29, 0.717) is 26.2 Å². The van der Waals surface area contributed by atoms with Crippen LogP contribution in [0.5, 0.6) is 0 Å². The van der Waals surface area contributed by atoms with Crippen LogP contribution in [-0.2, 0) is 16.4 Å². The summed E-state index contributed by atoms with van der Waals surface area (Å²) in [5, 5.41) is 1.93. The average molecular weight is 316 g/mol. The molecule has 112 valence electrons. The van der Waals surface area contributed by atoms with Gasteiger partial charge >= 0.3 is 0 Å². The number of piperazine rings is 1. The number of thiophene rings is 1. The van der Waals surface area contributed by atoms with Crippen LogP contribution < -0.4 is 0 Å². The van der Waals surface area contributed by atoms with E-state index in [4.69, 9.17) is 0 Å². The average Bonchev–Trinajstić information content (AvgIpc) is 2.95. The molecule has 2 rings (SSSR count). The first-order valence-electron chi connectivity index (χ1n) is 6.83. The first kappa shape index (κ1) is 15.5. The lowest BCUT2D eigenvalue weighted by atomic mass is 10.2. The molecule has 0 aliphatic carbocycles. The summed E-state index contributed by atoms with van der Waals surface area (Å²) in [6.07, 6.45) is 0.842. The summed E-state index contributed by atoms with van der Waals surface area (Å²) in [6.45, 7) is 5.42. The molecule has 1 aromatic heterocycles. The summed E-state index contributed by atoms with van der Waals surface area (Å²) in [5.74, 6) is 0.150. The van der Waals surface area contributed by atoms with Crippen LogP contribution in [0.4, 0.5) is 0 Å². The highest BCUT2D eigenvalue weighted by Gasteiger charge is 2.29. The zero-order chi connectivity index (χ0) is 14.8. The number of carbonyl (C=O) groups excluding carboxylic acids is 1. The molecule has 0 spiro atoms. The van der Waals surface area contributed by atoms with Gasteiger partial charge in [0.15, 0.2) is 0 Å². The first-order chi connectivity index (χ1) is 9.49. The highest BCUT2D eigenvalue weighted by molar-refractivity contribution is 7.89. The summed E-state index contributed by atoms with van der Waals surface area (Å²) >= 11 is 1.46. The van der Waals surface area contributed by atoms with Gasteiger partial charge in [-0.15, -0.1) is 11.3 Å². The van der Waals surface area contributed by atoms with Gasteiger partial charge in [-0.05, 0) is 30.4 Å². The minimum Gasteiger partial charge on any atom is -0.335 e. The number of hydrogen-bond acceptors (Lipinski definition) is 4. The molecule has 0 radical (unpaired) electrons. The van der Waals surface area contributed by atoms with Gasteiger partial charge in [-0.3, -0.25) is 4.79 Å². The first-order valence-corrected chi connectivity index (χ1v) is 9.32. The van der Waals surface area contributed by atoms with Gasteiger partial charge in [-0.2, -0.15) is 4.31 Å². The second-order valence-corrected chi connectivity index (χ2v) is 7.89. The highest BCUT2D eigenvalue weighted by Crippen LogP contribution is 2.20. The maximum atomic E-state index is 12.4. The molecule has 1 aliphatic heterocycles. The molecule has 0 bridgehead atoms. The normalized spacial score (nSPS) is 17.4. The lowest BCUT2D eigenvalue weighted by molar-refractivity contribution is 0.0702. The number of rotatable bonds is 4. The molecule has 1 fully saturated rings. The van der Waals surface area contributed by atoms with Crippen LogP contribution in [0.1, 0.15) is 29.1 Å². The van der Waals surface area contributed by atoms with Crippen molar-refractivity contribution in [2.24, 2.45) is 0 Å². The quantitative estimate of drug-likeness (QED) is 0.844. The van der Waals surface area contributed by atoms with Crippen LogP contribution in [0.2, 0.25) is 0 Å². The fourth-order valence-electron chi connectivity index (χ4n) is 2.30. The van der Waals surface area contributed by atoms with E-state index in [-0.39, 0.29) is 11.7 Å². The van der Waals surface area contributed by atoms with Gasteiger partial charge in [0.2, 0.25) is 10.0 Å². The van der Waals surface area contributed by atoms with Gasteiger partial charge in [0.25, 0.3) is 5.91 Å². The number of amides is 1. The van der Waals surface area contributed by atoms with Gasteiger partial charge < -0.3 is 4.90 Å². The summed E-state index contributed by atoms with van der Waals surface area (Å²) in [6, 6.07) is 1.98. The lowest BCUT2D eigenvalue weighted by Gasteiger charge is -2.33. The Morgan fingerprint density at radius 3 is 2.45 bits per heavy atom. The molecular weight excluding hydrogens is 296 g/mol. The van der Waals surface area contributed by atoms with Crippen molar-refractivity contribution in [3.8, 4) is 0 Å². The van der Waals surface area contributed by atoms with Gasteiger partial charge in [-0.1, -0.05) is 6.92 Å². The van der Waals surface area contributed by atoms with E-state index in [1.165, 1.54) is 15.6 Å². The third-order valence-electron chi connectivity index (χ3n) is 3.61. The van der Waals surface area contributed by atoms with Gasteiger partial charge in [0.1, 0.15) is 0 Å².